The summed E-state index contributed by atoms with van der Waals surface area (Å²) in [6, 6.07) is 8.19. The van der Waals surface area contributed by atoms with Gasteiger partial charge in [0.15, 0.2) is 0 Å². The maximum atomic E-state index is 10.7. The van der Waals surface area contributed by atoms with Crippen LogP contribution in [0.4, 0.5) is 5.69 Å². The number of carbonyl (C=O) groups excluding carboxylic acids is 1. The molecule has 19 heavy (non-hydrogen) atoms. The molecular weight excluding hydrogens is 244 g/mol. The Morgan fingerprint density at radius 2 is 2.05 bits per heavy atom. The van der Waals surface area contributed by atoms with Gasteiger partial charge >= 0.3 is 0 Å². The fourth-order valence-corrected chi connectivity index (χ4v) is 2.17. The number of aldehydes is 1. The fourth-order valence-electron chi connectivity index (χ4n) is 2.17. The van der Waals surface area contributed by atoms with Crippen LogP contribution in [0.15, 0.2) is 24.3 Å². The van der Waals surface area contributed by atoms with Gasteiger partial charge in [-0.05, 0) is 17.9 Å². The zero-order valence-electron chi connectivity index (χ0n) is 10.8. The molecule has 1 rings (SSSR count). The third kappa shape index (κ3) is 3.88. The number of hydrogen-bond acceptors (Lipinski definition) is 4. The van der Waals surface area contributed by atoms with Crippen molar-refractivity contribution in [3.63, 3.8) is 0 Å². The van der Waals surface area contributed by atoms with Crippen molar-refractivity contribution < 1.29 is 9.72 Å². The maximum absolute atomic E-state index is 10.7. The Morgan fingerprint density at radius 1 is 1.42 bits per heavy atom. The van der Waals surface area contributed by atoms with Crippen molar-refractivity contribution in [3.8, 4) is 6.07 Å². The third-order valence-corrected chi connectivity index (χ3v) is 3.13. The largest absolute Gasteiger partial charge is 0.303 e. The van der Waals surface area contributed by atoms with E-state index >= 15 is 0 Å². The molecule has 100 valence electrons. The van der Waals surface area contributed by atoms with E-state index in [0.717, 1.165) is 24.7 Å². The predicted octanol–water partition coefficient (Wildman–Crippen LogP) is 3.21. The van der Waals surface area contributed by atoms with Crippen molar-refractivity contribution in [2.75, 3.05) is 0 Å². The minimum absolute atomic E-state index is 0.00266. The Kier molecular flexibility index (Phi) is 5.68. The summed E-state index contributed by atoms with van der Waals surface area (Å²) in [7, 11) is 0. The summed E-state index contributed by atoms with van der Waals surface area (Å²) < 4.78 is 0. The minimum atomic E-state index is -0.472. The van der Waals surface area contributed by atoms with Crippen molar-refractivity contribution in [3.05, 3.63) is 39.9 Å². The molecule has 0 spiro atoms. The molecule has 0 saturated carbocycles. The molecule has 0 aliphatic heterocycles. The second kappa shape index (κ2) is 7.27. The number of hydrogen-bond donors (Lipinski definition) is 0. The molecule has 1 aromatic carbocycles. The summed E-state index contributed by atoms with van der Waals surface area (Å²) in [6.07, 6.45) is 2.84. The highest BCUT2D eigenvalue weighted by Gasteiger charge is 2.22. The molecule has 1 unspecified atom stereocenters. The molecule has 0 radical (unpaired) electrons. The molecule has 0 aliphatic rings. The Balaban J connectivity index is 2.98. The molecule has 0 fully saturated rings. The fraction of sp³-hybridized carbons (Fsp3) is 0.429. The van der Waals surface area contributed by atoms with Crippen LogP contribution in [-0.4, -0.2) is 11.2 Å². The van der Waals surface area contributed by atoms with Crippen LogP contribution >= 0.6 is 0 Å². The highest BCUT2D eigenvalue weighted by Crippen LogP contribution is 2.30. The number of nitrogens with zero attached hydrogens (tertiary/aromatic N) is 2. The number of non-ortho nitro benzene ring substituents is 1. The van der Waals surface area contributed by atoms with E-state index in [0.29, 0.717) is 6.42 Å². The Morgan fingerprint density at radius 3 is 2.47 bits per heavy atom. The van der Waals surface area contributed by atoms with Crippen molar-refractivity contribution in [2.45, 2.75) is 32.1 Å². The third-order valence-electron chi connectivity index (χ3n) is 3.13. The summed E-state index contributed by atoms with van der Waals surface area (Å²) in [5, 5.41) is 19.9. The highest BCUT2D eigenvalue weighted by atomic mass is 16.6. The van der Waals surface area contributed by atoms with Crippen LogP contribution in [-0.2, 0) is 4.79 Å². The number of carbonyl (C=O) groups is 1. The van der Waals surface area contributed by atoms with Gasteiger partial charge in [0.05, 0.1) is 16.9 Å². The van der Waals surface area contributed by atoms with E-state index < -0.39 is 10.8 Å². The second-order valence-electron chi connectivity index (χ2n) is 4.41. The predicted molar refractivity (Wildman–Crippen MR) is 70.5 cm³/mol. The van der Waals surface area contributed by atoms with Crippen LogP contribution in [0.25, 0.3) is 0 Å². The molecule has 5 heteroatoms. The van der Waals surface area contributed by atoms with Gasteiger partial charge in [-0.25, -0.2) is 0 Å². The van der Waals surface area contributed by atoms with Crippen LogP contribution in [0, 0.1) is 27.4 Å². The SMILES string of the molecule is CCC[C@@H](CC=O)C(C#N)c1ccc([N+](=O)[O-])cc1. The number of rotatable bonds is 7. The molecule has 1 aromatic rings. The monoisotopic (exact) mass is 260 g/mol. The highest BCUT2D eigenvalue weighted by molar-refractivity contribution is 5.50. The van der Waals surface area contributed by atoms with Gasteiger partial charge < -0.3 is 4.79 Å². The van der Waals surface area contributed by atoms with Crippen molar-refractivity contribution >= 4 is 12.0 Å². The van der Waals surface area contributed by atoms with Gasteiger partial charge in [0.25, 0.3) is 5.69 Å². The van der Waals surface area contributed by atoms with Gasteiger partial charge in [0, 0.05) is 18.6 Å². The molecule has 0 amide bonds. The normalized spacial score (nSPS) is 13.3. The summed E-state index contributed by atoms with van der Waals surface area (Å²) in [5.74, 6) is -0.431. The molecule has 5 nitrogen and oxygen atoms in total. The first kappa shape index (κ1) is 14.8. The number of nitro benzene ring substituents is 1. The van der Waals surface area contributed by atoms with Crippen LogP contribution in [0.1, 0.15) is 37.7 Å². The zero-order chi connectivity index (χ0) is 14.3. The van der Waals surface area contributed by atoms with E-state index in [1.165, 1.54) is 12.1 Å². The quantitative estimate of drug-likeness (QED) is 0.428. The topological polar surface area (TPSA) is 84.0 Å². The van der Waals surface area contributed by atoms with Gasteiger partial charge in [-0.1, -0.05) is 25.5 Å². The number of benzene rings is 1. The molecule has 0 heterocycles. The molecule has 0 aromatic heterocycles. The summed E-state index contributed by atoms with van der Waals surface area (Å²) >= 11 is 0. The van der Waals surface area contributed by atoms with Gasteiger partial charge in [0.1, 0.15) is 6.29 Å². The van der Waals surface area contributed by atoms with Crippen molar-refractivity contribution in [1.29, 1.82) is 5.26 Å². The van der Waals surface area contributed by atoms with Crippen LogP contribution in [0.5, 0.6) is 0 Å². The molecular formula is C14H16N2O3. The molecule has 0 saturated heterocycles. The van der Waals surface area contributed by atoms with Crippen molar-refractivity contribution in [2.24, 2.45) is 5.92 Å². The lowest BCUT2D eigenvalue weighted by atomic mass is 9.82. The Hall–Kier alpha value is -2.22. The first-order valence-corrected chi connectivity index (χ1v) is 6.21. The summed E-state index contributed by atoms with van der Waals surface area (Å²) in [6.45, 7) is 2.00. The van der Waals surface area contributed by atoms with E-state index in [1.54, 1.807) is 12.1 Å². The summed E-state index contributed by atoms with van der Waals surface area (Å²) in [5.41, 5.74) is 0.733. The average Bonchev–Trinajstić information content (AvgIpc) is 2.40. The van der Waals surface area contributed by atoms with E-state index in [4.69, 9.17) is 0 Å². The smallest absolute Gasteiger partial charge is 0.269 e. The molecule has 0 N–H and O–H groups in total. The Labute approximate surface area is 112 Å². The van der Waals surface area contributed by atoms with E-state index in [-0.39, 0.29) is 11.6 Å². The summed E-state index contributed by atoms with van der Waals surface area (Å²) in [4.78, 5) is 20.8. The van der Waals surface area contributed by atoms with Gasteiger partial charge in [-0.2, -0.15) is 5.26 Å². The van der Waals surface area contributed by atoms with Crippen LogP contribution in [0.3, 0.4) is 0 Å². The lowest BCUT2D eigenvalue weighted by Gasteiger charge is -2.19. The van der Waals surface area contributed by atoms with Crippen LogP contribution < -0.4 is 0 Å². The van der Waals surface area contributed by atoms with E-state index in [1.807, 2.05) is 6.92 Å². The minimum Gasteiger partial charge on any atom is -0.303 e. The van der Waals surface area contributed by atoms with Gasteiger partial charge in [-0.3, -0.25) is 10.1 Å². The second-order valence-corrected chi connectivity index (χ2v) is 4.41. The first-order chi connectivity index (χ1) is 9.13. The lowest BCUT2D eigenvalue weighted by molar-refractivity contribution is -0.384. The van der Waals surface area contributed by atoms with E-state index in [9.17, 15) is 20.2 Å². The average molecular weight is 260 g/mol. The van der Waals surface area contributed by atoms with Crippen molar-refractivity contribution in [1.82, 2.24) is 0 Å². The molecule has 0 bridgehead atoms. The van der Waals surface area contributed by atoms with Gasteiger partial charge in [-0.15, -0.1) is 0 Å². The maximum Gasteiger partial charge on any atom is 0.269 e. The number of nitro groups is 1. The van der Waals surface area contributed by atoms with E-state index in [2.05, 4.69) is 6.07 Å². The first-order valence-electron chi connectivity index (χ1n) is 6.21. The number of nitriles is 1. The molecule has 0 aliphatic carbocycles. The van der Waals surface area contributed by atoms with Crippen LogP contribution in [0.2, 0.25) is 0 Å². The lowest BCUT2D eigenvalue weighted by Crippen LogP contribution is -2.12. The standard InChI is InChI=1S/C14H16N2O3/c1-2-3-11(8-9-17)14(10-15)12-4-6-13(7-5-12)16(18)19/h4-7,9,11,14H,2-3,8H2,1H3/t11-,14?/m0/s1. The van der Waals surface area contributed by atoms with Gasteiger partial charge in [0.2, 0.25) is 0 Å². The molecule has 2 atom stereocenters. The Bertz CT molecular complexity index is 476. The zero-order valence-corrected chi connectivity index (χ0v) is 10.8.